The van der Waals surface area contributed by atoms with Gasteiger partial charge in [0, 0.05) is 35.0 Å². The molecule has 4 rings (SSSR count). The Morgan fingerprint density at radius 3 is 2.64 bits per heavy atom. The second-order valence-electron chi connectivity index (χ2n) is 6.58. The first-order valence-electron chi connectivity index (χ1n) is 8.84. The summed E-state index contributed by atoms with van der Waals surface area (Å²) < 4.78 is 1.71. The van der Waals surface area contributed by atoms with Gasteiger partial charge in [0.1, 0.15) is 11.6 Å². The SMILES string of the molecule is Cc1cc(NCC(O)c2cccc(O)c2)n2nc(-c3ccc(Cl)cc3)cc2n1. The fourth-order valence-corrected chi connectivity index (χ4v) is 3.16. The smallest absolute Gasteiger partial charge is 0.158 e. The Morgan fingerprint density at radius 2 is 1.89 bits per heavy atom. The molecule has 2 aromatic heterocycles. The van der Waals surface area contributed by atoms with Crippen LogP contribution < -0.4 is 5.32 Å². The lowest BCUT2D eigenvalue weighted by molar-refractivity contribution is 0.191. The summed E-state index contributed by atoms with van der Waals surface area (Å²) in [6, 6.07) is 17.8. The predicted molar refractivity (Wildman–Crippen MR) is 110 cm³/mol. The molecule has 0 saturated carbocycles. The van der Waals surface area contributed by atoms with Gasteiger partial charge in [0.15, 0.2) is 5.65 Å². The molecule has 0 bridgehead atoms. The largest absolute Gasteiger partial charge is 0.508 e. The zero-order valence-electron chi connectivity index (χ0n) is 15.2. The lowest BCUT2D eigenvalue weighted by atomic mass is 10.1. The Hall–Kier alpha value is -3.09. The van der Waals surface area contributed by atoms with Crippen molar-refractivity contribution in [2.45, 2.75) is 13.0 Å². The molecule has 0 radical (unpaired) electrons. The first-order valence-corrected chi connectivity index (χ1v) is 9.21. The number of hydrogen-bond acceptors (Lipinski definition) is 5. The van der Waals surface area contributed by atoms with E-state index in [9.17, 15) is 10.2 Å². The molecule has 3 N–H and O–H groups in total. The van der Waals surface area contributed by atoms with Crippen LogP contribution in [0.15, 0.2) is 60.7 Å². The van der Waals surface area contributed by atoms with Crippen LogP contribution in [0.2, 0.25) is 5.02 Å². The molecule has 0 fully saturated rings. The van der Waals surface area contributed by atoms with Crippen molar-refractivity contribution in [3.05, 3.63) is 76.9 Å². The maximum Gasteiger partial charge on any atom is 0.158 e. The summed E-state index contributed by atoms with van der Waals surface area (Å²) in [5, 5.41) is 28.6. The van der Waals surface area contributed by atoms with Gasteiger partial charge in [-0.2, -0.15) is 9.61 Å². The van der Waals surface area contributed by atoms with Gasteiger partial charge in [-0.1, -0.05) is 35.9 Å². The highest BCUT2D eigenvalue weighted by molar-refractivity contribution is 6.30. The minimum absolute atomic E-state index is 0.123. The van der Waals surface area contributed by atoms with E-state index in [0.717, 1.165) is 22.8 Å². The Bertz CT molecular complexity index is 1130. The Balaban J connectivity index is 1.62. The van der Waals surface area contributed by atoms with Gasteiger partial charge in [-0.25, -0.2) is 4.98 Å². The molecule has 7 heteroatoms. The molecular weight excluding hydrogens is 376 g/mol. The molecular formula is C21H19ClN4O2. The quantitative estimate of drug-likeness (QED) is 0.472. The molecule has 2 aromatic carbocycles. The van der Waals surface area contributed by atoms with E-state index in [0.29, 0.717) is 16.2 Å². The first-order chi connectivity index (χ1) is 13.5. The van der Waals surface area contributed by atoms with Crippen LogP contribution in [0.4, 0.5) is 5.82 Å². The summed E-state index contributed by atoms with van der Waals surface area (Å²) in [6.07, 6.45) is -0.776. The van der Waals surface area contributed by atoms with Gasteiger partial charge < -0.3 is 15.5 Å². The highest BCUT2D eigenvalue weighted by Gasteiger charge is 2.12. The van der Waals surface area contributed by atoms with Gasteiger partial charge in [-0.15, -0.1) is 0 Å². The van der Waals surface area contributed by atoms with Gasteiger partial charge in [-0.3, -0.25) is 0 Å². The molecule has 1 atom stereocenters. The van der Waals surface area contributed by atoms with E-state index in [4.69, 9.17) is 11.6 Å². The number of benzene rings is 2. The third-order valence-electron chi connectivity index (χ3n) is 4.43. The zero-order valence-corrected chi connectivity index (χ0v) is 15.9. The van der Waals surface area contributed by atoms with Gasteiger partial charge >= 0.3 is 0 Å². The number of aliphatic hydroxyl groups excluding tert-OH is 1. The van der Waals surface area contributed by atoms with E-state index in [1.807, 2.05) is 43.3 Å². The number of rotatable bonds is 5. The van der Waals surface area contributed by atoms with Crippen LogP contribution in [-0.2, 0) is 0 Å². The summed E-state index contributed by atoms with van der Waals surface area (Å²) in [7, 11) is 0. The third-order valence-corrected chi connectivity index (χ3v) is 4.68. The Kier molecular flexibility index (Phi) is 4.90. The van der Waals surface area contributed by atoms with Crippen LogP contribution in [0.1, 0.15) is 17.4 Å². The van der Waals surface area contributed by atoms with Crippen LogP contribution in [0, 0.1) is 6.92 Å². The van der Waals surface area contributed by atoms with E-state index >= 15 is 0 Å². The van der Waals surface area contributed by atoms with Crippen molar-refractivity contribution in [2.24, 2.45) is 0 Å². The number of phenols is 1. The van der Waals surface area contributed by atoms with Crippen molar-refractivity contribution in [3.8, 4) is 17.0 Å². The number of aromatic nitrogens is 3. The maximum absolute atomic E-state index is 10.4. The van der Waals surface area contributed by atoms with Gasteiger partial charge in [-0.05, 0) is 36.8 Å². The van der Waals surface area contributed by atoms with Crippen LogP contribution in [0.3, 0.4) is 0 Å². The third kappa shape index (κ3) is 3.78. The number of halogens is 1. The monoisotopic (exact) mass is 394 g/mol. The second kappa shape index (κ2) is 7.50. The fraction of sp³-hybridized carbons (Fsp3) is 0.143. The molecule has 4 aromatic rings. The maximum atomic E-state index is 10.4. The van der Waals surface area contributed by atoms with Crippen molar-refractivity contribution >= 4 is 23.1 Å². The predicted octanol–water partition coefficient (Wildman–Crippen LogP) is 4.21. The molecule has 0 spiro atoms. The molecule has 6 nitrogen and oxygen atoms in total. The summed E-state index contributed by atoms with van der Waals surface area (Å²) in [6.45, 7) is 2.17. The number of nitrogens with one attached hydrogen (secondary N) is 1. The molecule has 0 aliphatic carbocycles. The van der Waals surface area contributed by atoms with E-state index < -0.39 is 6.10 Å². The minimum Gasteiger partial charge on any atom is -0.508 e. The number of fused-ring (bicyclic) bond motifs is 1. The van der Waals surface area contributed by atoms with Gasteiger partial charge in [0.05, 0.1) is 11.8 Å². The highest BCUT2D eigenvalue weighted by Crippen LogP contribution is 2.24. The molecule has 142 valence electrons. The number of nitrogens with zero attached hydrogens (tertiary/aromatic N) is 3. The van der Waals surface area contributed by atoms with Crippen LogP contribution >= 0.6 is 11.6 Å². The minimum atomic E-state index is -0.776. The van der Waals surface area contributed by atoms with E-state index in [1.165, 1.54) is 0 Å². The summed E-state index contributed by atoms with van der Waals surface area (Å²) in [5.41, 5.74) is 3.91. The lowest BCUT2D eigenvalue weighted by Crippen LogP contribution is -2.15. The first kappa shape index (κ1) is 18.3. The van der Waals surface area contributed by atoms with Crippen molar-refractivity contribution in [1.82, 2.24) is 14.6 Å². The van der Waals surface area contributed by atoms with Crippen LogP contribution in [0.25, 0.3) is 16.9 Å². The van der Waals surface area contributed by atoms with E-state index in [2.05, 4.69) is 15.4 Å². The molecule has 0 saturated heterocycles. The molecule has 1 unspecified atom stereocenters. The normalized spacial score (nSPS) is 12.2. The van der Waals surface area contributed by atoms with Gasteiger partial charge in [0.2, 0.25) is 0 Å². The topological polar surface area (TPSA) is 82.7 Å². The summed E-state index contributed by atoms with van der Waals surface area (Å²) in [5.74, 6) is 0.847. The number of anilines is 1. The average Bonchev–Trinajstić information content (AvgIpc) is 3.10. The Morgan fingerprint density at radius 1 is 1.11 bits per heavy atom. The van der Waals surface area contributed by atoms with Crippen molar-refractivity contribution in [3.63, 3.8) is 0 Å². The van der Waals surface area contributed by atoms with Crippen molar-refractivity contribution in [2.75, 3.05) is 11.9 Å². The average molecular weight is 395 g/mol. The zero-order chi connectivity index (χ0) is 19.7. The molecule has 0 amide bonds. The summed E-state index contributed by atoms with van der Waals surface area (Å²) >= 11 is 5.97. The standard InChI is InChI=1S/C21H19ClN4O2/c1-13-9-20(23-12-19(28)15-3-2-4-17(27)10-15)26-21(24-13)11-18(25-26)14-5-7-16(22)8-6-14/h2-11,19,23,27-28H,12H2,1H3. The fourth-order valence-electron chi connectivity index (χ4n) is 3.04. The number of aromatic hydroxyl groups is 1. The Labute approximate surface area is 167 Å². The molecule has 0 aliphatic rings. The molecule has 28 heavy (non-hydrogen) atoms. The number of hydrogen-bond donors (Lipinski definition) is 3. The number of aliphatic hydroxyl groups is 1. The lowest BCUT2D eigenvalue weighted by Gasteiger charge is -2.14. The van der Waals surface area contributed by atoms with E-state index in [1.54, 1.807) is 28.8 Å². The van der Waals surface area contributed by atoms with Crippen molar-refractivity contribution in [1.29, 1.82) is 0 Å². The summed E-state index contributed by atoms with van der Waals surface area (Å²) in [4.78, 5) is 4.54. The van der Waals surface area contributed by atoms with Crippen LogP contribution in [-0.4, -0.2) is 31.4 Å². The van der Waals surface area contributed by atoms with Gasteiger partial charge in [0.25, 0.3) is 0 Å². The van der Waals surface area contributed by atoms with Crippen LogP contribution in [0.5, 0.6) is 5.75 Å². The molecule has 2 heterocycles. The number of phenolic OH excluding ortho intramolecular Hbond substituents is 1. The van der Waals surface area contributed by atoms with E-state index in [-0.39, 0.29) is 12.3 Å². The molecule has 0 aliphatic heterocycles. The second-order valence-corrected chi connectivity index (χ2v) is 7.02. The van der Waals surface area contributed by atoms with Crippen molar-refractivity contribution < 1.29 is 10.2 Å². The number of aryl methyl sites for hydroxylation is 1. The highest BCUT2D eigenvalue weighted by atomic mass is 35.5.